The normalized spacial score (nSPS) is 18.8. The van der Waals surface area contributed by atoms with E-state index in [9.17, 15) is 0 Å². The van der Waals surface area contributed by atoms with E-state index < -0.39 is 0 Å². The maximum absolute atomic E-state index is 4.38. The lowest BCUT2D eigenvalue weighted by molar-refractivity contribution is 0.222. The van der Waals surface area contributed by atoms with Gasteiger partial charge in [-0.05, 0) is 43.6 Å². The number of hydrogen-bond donors (Lipinski definition) is 1. The molecular weight excluding hydrogens is 246 g/mol. The molecule has 0 aliphatic heterocycles. The van der Waals surface area contributed by atoms with E-state index in [0.29, 0.717) is 11.5 Å². The summed E-state index contributed by atoms with van der Waals surface area (Å²) in [6, 6.07) is 2.88. The standard InChI is InChI=1S/C17H29N3/c1-5-10-19-14-11-16(13-18-12-14)20(4)15-6-8-17(2,3)9-7-15/h11-13,15,19H,5-10H2,1-4H3. The van der Waals surface area contributed by atoms with Gasteiger partial charge in [-0.2, -0.15) is 0 Å². The molecule has 1 saturated carbocycles. The predicted molar refractivity (Wildman–Crippen MR) is 87.5 cm³/mol. The van der Waals surface area contributed by atoms with Crippen molar-refractivity contribution in [3.05, 3.63) is 18.5 Å². The Kier molecular flexibility index (Phi) is 4.90. The fraction of sp³-hybridized carbons (Fsp3) is 0.706. The molecule has 0 spiro atoms. The van der Waals surface area contributed by atoms with Crippen LogP contribution in [-0.2, 0) is 0 Å². The molecule has 1 aliphatic rings. The van der Waals surface area contributed by atoms with Crippen molar-refractivity contribution in [3.63, 3.8) is 0 Å². The van der Waals surface area contributed by atoms with Crippen LogP contribution in [-0.4, -0.2) is 24.6 Å². The summed E-state index contributed by atoms with van der Waals surface area (Å²) in [5.41, 5.74) is 2.89. The molecule has 1 aliphatic carbocycles. The van der Waals surface area contributed by atoms with E-state index in [-0.39, 0.29) is 0 Å². The van der Waals surface area contributed by atoms with Gasteiger partial charge in [-0.25, -0.2) is 0 Å². The highest BCUT2D eigenvalue weighted by Crippen LogP contribution is 2.37. The number of aromatic nitrogens is 1. The Hall–Kier alpha value is -1.25. The molecule has 3 nitrogen and oxygen atoms in total. The number of nitrogens with one attached hydrogen (secondary N) is 1. The van der Waals surface area contributed by atoms with E-state index in [1.165, 1.54) is 31.4 Å². The number of hydrogen-bond acceptors (Lipinski definition) is 3. The zero-order chi connectivity index (χ0) is 14.6. The van der Waals surface area contributed by atoms with Crippen molar-refractivity contribution >= 4 is 11.4 Å². The zero-order valence-corrected chi connectivity index (χ0v) is 13.4. The Morgan fingerprint density at radius 2 is 2.00 bits per heavy atom. The minimum Gasteiger partial charge on any atom is -0.384 e. The van der Waals surface area contributed by atoms with Gasteiger partial charge in [-0.15, -0.1) is 0 Å². The van der Waals surface area contributed by atoms with Crippen molar-refractivity contribution in [2.24, 2.45) is 5.41 Å². The van der Waals surface area contributed by atoms with Crippen LogP contribution < -0.4 is 10.2 Å². The summed E-state index contributed by atoms with van der Waals surface area (Å²) < 4.78 is 0. The van der Waals surface area contributed by atoms with Crippen LogP contribution in [0.3, 0.4) is 0 Å². The van der Waals surface area contributed by atoms with Gasteiger partial charge < -0.3 is 10.2 Å². The van der Waals surface area contributed by atoms with Gasteiger partial charge in [0.2, 0.25) is 0 Å². The lowest BCUT2D eigenvalue weighted by Crippen LogP contribution is -2.37. The summed E-state index contributed by atoms with van der Waals surface area (Å²) >= 11 is 0. The Morgan fingerprint density at radius 1 is 1.30 bits per heavy atom. The second kappa shape index (κ2) is 6.47. The van der Waals surface area contributed by atoms with Crippen LogP contribution in [0.4, 0.5) is 11.4 Å². The molecule has 2 rings (SSSR count). The average Bonchev–Trinajstić information content (AvgIpc) is 2.45. The molecule has 1 aromatic heterocycles. The van der Waals surface area contributed by atoms with Crippen LogP contribution >= 0.6 is 0 Å². The molecule has 0 saturated heterocycles. The Balaban J connectivity index is 2.00. The highest BCUT2D eigenvalue weighted by Gasteiger charge is 2.29. The summed E-state index contributed by atoms with van der Waals surface area (Å²) in [6.45, 7) is 7.97. The first kappa shape index (κ1) is 15.1. The molecule has 0 radical (unpaired) electrons. The molecule has 20 heavy (non-hydrogen) atoms. The fourth-order valence-corrected chi connectivity index (χ4v) is 2.97. The van der Waals surface area contributed by atoms with Gasteiger partial charge in [-0.3, -0.25) is 4.98 Å². The highest BCUT2D eigenvalue weighted by molar-refractivity contribution is 5.55. The van der Waals surface area contributed by atoms with Gasteiger partial charge >= 0.3 is 0 Å². The Morgan fingerprint density at radius 3 is 2.65 bits per heavy atom. The van der Waals surface area contributed by atoms with Crippen LogP contribution in [0.5, 0.6) is 0 Å². The van der Waals surface area contributed by atoms with E-state index >= 15 is 0 Å². The summed E-state index contributed by atoms with van der Waals surface area (Å²) in [4.78, 5) is 6.79. The van der Waals surface area contributed by atoms with Crippen LogP contribution in [0.25, 0.3) is 0 Å². The smallest absolute Gasteiger partial charge is 0.0573 e. The van der Waals surface area contributed by atoms with Crippen LogP contribution in [0.2, 0.25) is 0 Å². The van der Waals surface area contributed by atoms with Crippen LogP contribution in [0, 0.1) is 5.41 Å². The molecule has 1 aromatic rings. The van der Waals surface area contributed by atoms with Gasteiger partial charge in [-0.1, -0.05) is 20.8 Å². The molecule has 0 atom stereocenters. The van der Waals surface area contributed by atoms with Crippen LogP contribution in [0.1, 0.15) is 52.9 Å². The number of nitrogens with zero attached hydrogens (tertiary/aromatic N) is 2. The number of pyridine rings is 1. The Bertz CT molecular complexity index is 418. The first-order valence-electron chi connectivity index (χ1n) is 7.93. The van der Waals surface area contributed by atoms with E-state index in [1.807, 2.05) is 12.4 Å². The third-order valence-corrected chi connectivity index (χ3v) is 4.57. The van der Waals surface area contributed by atoms with Crippen molar-refractivity contribution < 1.29 is 0 Å². The summed E-state index contributed by atoms with van der Waals surface area (Å²) in [5.74, 6) is 0. The van der Waals surface area contributed by atoms with Gasteiger partial charge in [0.15, 0.2) is 0 Å². The third kappa shape index (κ3) is 3.87. The monoisotopic (exact) mass is 275 g/mol. The van der Waals surface area contributed by atoms with Gasteiger partial charge in [0, 0.05) is 19.6 Å². The van der Waals surface area contributed by atoms with Crippen molar-refractivity contribution in [3.8, 4) is 0 Å². The third-order valence-electron chi connectivity index (χ3n) is 4.57. The van der Waals surface area contributed by atoms with Gasteiger partial charge in [0.1, 0.15) is 0 Å². The largest absolute Gasteiger partial charge is 0.384 e. The minimum absolute atomic E-state index is 0.528. The lowest BCUT2D eigenvalue weighted by Gasteiger charge is -2.39. The molecule has 0 bridgehead atoms. The topological polar surface area (TPSA) is 28.2 Å². The molecule has 1 fully saturated rings. The Labute approximate surface area is 123 Å². The minimum atomic E-state index is 0.528. The van der Waals surface area contributed by atoms with E-state index in [0.717, 1.165) is 18.7 Å². The maximum Gasteiger partial charge on any atom is 0.0573 e. The quantitative estimate of drug-likeness (QED) is 0.868. The van der Waals surface area contributed by atoms with Crippen molar-refractivity contribution in [2.45, 2.75) is 58.9 Å². The highest BCUT2D eigenvalue weighted by atomic mass is 15.1. The summed E-state index contributed by atoms with van der Waals surface area (Å²) in [6.07, 6.45) is 10.3. The zero-order valence-electron chi connectivity index (χ0n) is 13.4. The predicted octanol–water partition coefficient (Wildman–Crippen LogP) is 4.31. The first-order chi connectivity index (χ1) is 9.52. The summed E-state index contributed by atoms with van der Waals surface area (Å²) in [5, 5.41) is 3.42. The molecule has 0 amide bonds. The molecule has 1 heterocycles. The van der Waals surface area contributed by atoms with E-state index in [1.54, 1.807) is 0 Å². The van der Waals surface area contributed by atoms with Crippen LogP contribution in [0.15, 0.2) is 18.5 Å². The van der Waals surface area contributed by atoms with E-state index in [2.05, 4.69) is 49.1 Å². The molecule has 0 aromatic carbocycles. The van der Waals surface area contributed by atoms with Crippen molar-refractivity contribution in [2.75, 3.05) is 23.8 Å². The molecule has 112 valence electrons. The lowest BCUT2D eigenvalue weighted by atomic mass is 9.75. The van der Waals surface area contributed by atoms with Gasteiger partial charge in [0.05, 0.1) is 23.8 Å². The summed E-state index contributed by atoms with van der Waals surface area (Å²) in [7, 11) is 2.21. The SMILES string of the molecule is CCCNc1cncc(N(C)C2CCC(C)(C)CC2)c1. The number of anilines is 2. The maximum atomic E-state index is 4.38. The number of rotatable bonds is 5. The second-order valence-electron chi connectivity index (χ2n) is 6.86. The van der Waals surface area contributed by atoms with Crippen molar-refractivity contribution in [1.29, 1.82) is 0 Å². The first-order valence-corrected chi connectivity index (χ1v) is 7.93. The average molecular weight is 275 g/mol. The molecular formula is C17H29N3. The second-order valence-corrected chi connectivity index (χ2v) is 6.86. The molecule has 0 unspecified atom stereocenters. The molecule has 3 heteroatoms. The van der Waals surface area contributed by atoms with Crippen molar-refractivity contribution in [1.82, 2.24) is 4.98 Å². The van der Waals surface area contributed by atoms with E-state index in [4.69, 9.17) is 0 Å². The fourth-order valence-electron chi connectivity index (χ4n) is 2.97. The van der Waals surface area contributed by atoms with Gasteiger partial charge in [0.25, 0.3) is 0 Å². The molecule has 1 N–H and O–H groups in total.